The van der Waals surface area contributed by atoms with Crippen LogP contribution in [-0.2, 0) is 54.4 Å². The number of carbonyl (C=O) groups is 10. The van der Waals surface area contributed by atoms with Crippen molar-refractivity contribution >= 4 is 93.9 Å². The van der Waals surface area contributed by atoms with E-state index in [9.17, 15) is 73.5 Å². The molecule has 5 rings (SSSR count). The maximum Gasteiger partial charge on any atom is 0.317 e. The zero-order chi connectivity index (χ0) is 54.8. The molecule has 3 amide bonds. The number of thioether (sulfide) groups is 1. The quantitative estimate of drug-likeness (QED) is 0.0346. The number of hydrogen-bond donors (Lipinski definition) is 7. The number of amides is 3. The van der Waals surface area contributed by atoms with Gasteiger partial charge in [0.15, 0.2) is 10.9 Å². The van der Waals surface area contributed by atoms with Crippen molar-refractivity contribution in [3.8, 4) is 0 Å². The lowest BCUT2D eigenvalue weighted by molar-refractivity contribution is -0.144. The summed E-state index contributed by atoms with van der Waals surface area (Å²) in [6.45, 7) is 0.924. The van der Waals surface area contributed by atoms with Gasteiger partial charge < -0.3 is 41.1 Å². The molecule has 2 saturated heterocycles. The number of thiocarbonyl (C=S) groups is 1. The van der Waals surface area contributed by atoms with Gasteiger partial charge in [0.1, 0.15) is 5.78 Å². The van der Waals surface area contributed by atoms with E-state index < -0.39 is 71.2 Å². The molecule has 4 aliphatic rings. The smallest absolute Gasteiger partial charge is 0.317 e. The van der Waals surface area contributed by atoms with Gasteiger partial charge in [0.05, 0.1) is 38.6 Å². The van der Waals surface area contributed by atoms with Gasteiger partial charge in [-0.05, 0) is 80.4 Å². The van der Waals surface area contributed by atoms with Gasteiger partial charge >= 0.3 is 29.8 Å². The lowest BCUT2D eigenvalue weighted by Crippen LogP contribution is -2.65. The monoisotopic (exact) mass is 1090 g/mol. The summed E-state index contributed by atoms with van der Waals surface area (Å²) >= 11 is 7.29. The minimum absolute atomic E-state index is 0.0218. The minimum Gasteiger partial charge on any atom is -0.481 e. The van der Waals surface area contributed by atoms with Gasteiger partial charge in [-0.25, -0.2) is 0 Å². The molecule has 0 aromatic heterocycles. The van der Waals surface area contributed by atoms with E-state index in [1.54, 1.807) is 19.6 Å². The molecule has 3 fully saturated rings. The van der Waals surface area contributed by atoms with Crippen molar-refractivity contribution in [3.63, 3.8) is 0 Å². The number of carboxylic acids is 5. The highest BCUT2D eigenvalue weighted by Crippen LogP contribution is 2.52. The van der Waals surface area contributed by atoms with Crippen LogP contribution in [0.2, 0.25) is 0 Å². The van der Waals surface area contributed by atoms with E-state index in [1.165, 1.54) is 23.9 Å². The first-order chi connectivity index (χ1) is 35.6. The zero-order valence-corrected chi connectivity index (χ0v) is 43.9. The Hall–Kier alpha value is -5.86. The Bertz CT molecular complexity index is 2270. The third-order valence-electron chi connectivity index (χ3n) is 14.3. The van der Waals surface area contributed by atoms with Crippen LogP contribution >= 0.6 is 24.0 Å². The summed E-state index contributed by atoms with van der Waals surface area (Å²) in [5.41, 5.74) is 1.42. The van der Waals surface area contributed by atoms with E-state index in [4.69, 9.17) is 12.2 Å². The molecule has 3 heterocycles. The van der Waals surface area contributed by atoms with E-state index >= 15 is 0 Å². The van der Waals surface area contributed by atoms with Crippen molar-refractivity contribution in [2.75, 3.05) is 115 Å². The first kappa shape index (κ1) is 60.0. The number of nitrogens with zero attached hydrogens (tertiary/aromatic N) is 6. The number of hydrogen-bond acceptors (Lipinski definition) is 16. The summed E-state index contributed by atoms with van der Waals surface area (Å²) in [6.07, 6.45) is 6.93. The molecule has 23 nitrogen and oxygen atoms in total. The molecule has 1 unspecified atom stereocenters. The van der Waals surface area contributed by atoms with Crippen LogP contribution in [0.5, 0.6) is 0 Å². The normalized spacial score (nSPS) is 19.8. The highest BCUT2D eigenvalue weighted by molar-refractivity contribution is 7.98. The van der Waals surface area contributed by atoms with Gasteiger partial charge in [0.25, 0.3) is 11.8 Å². The Labute approximate surface area is 445 Å². The van der Waals surface area contributed by atoms with Gasteiger partial charge in [0, 0.05) is 119 Å². The first-order valence-electron chi connectivity index (χ1n) is 25.1. The maximum atomic E-state index is 13.5. The number of Topliss-reactive ketones (excluding diaryl/α,β-unsaturated/α-hetero) is 2. The number of aliphatic carboxylic acids is 5. The van der Waals surface area contributed by atoms with Crippen LogP contribution in [0.1, 0.15) is 56.9 Å². The second-order valence-corrected chi connectivity index (χ2v) is 21.5. The highest BCUT2D eigenvalue weighted by Gasteiger charge is 2.55. The number of likely N-dealkylation sites (tertiary alicyclic amines) is 1. The number of anilines is 1. The maximum absolute atomic E-state index is 13.5. The summed E-state index contributed by atoms with van der Waals surface area (Å²) in [5, 5.41) is 55.0. The van der Waals surface area contributed by atoms with E-state index in [-0.39, 0.29) is 121 Å². The highest BCUT2D eigenvalue weighted by atomic mass is 32.2. The predicted molar refractivity (Wildman–Crippen MR) is 278 cm³/mol. The number of carbonyl (C=O) groups excluding carboxylic acids is 5. The van der Waals surface area contributed by atoms with E-state index in [0.717, 1.165) is 10.5 Å². The Morgan fingerprint density at radius 1 is 0.720 bits per heavy atom. The molecule has 25 heteroatoms. The Morgan fingerprint density at radius 2 is 1.28 bits per heavy atom. The van der Waals surface area contributed by atoms with Gasteiger partial charge in [-0.2, -0.15) is 11.8 Å². The number of carboxylic acid groups (broad SMARTS) is 5. The Kier molecular flexibility index (Phi) is 23.1. The summed E-state index contributed by atoms with van der Waals surface area (Å²) < 4.78 is 0. The molecule has 75 heavy (non-hydrogen) atoms. The standard InChI is InChI=1S/C50H70N8O15S2/c1-75-19-11-34(47(71)51-25-39(59)21-35(48(72)73)4-2-3-12-58-41(61)9-10-42(58)62)22-40(60)36-23-50(24-36)31-57(32-50)49(74)52-37-7-5-33(6-8-37)20-38-26-55(29-45(67)68)16-15-53(27-43(63)64)13-14-54(28-44(65)66)17-18-56(38)30-46(69)70/h5-10,34-36,38H,2-4,11-32H2,1H3,(H,51,71)(H,52,74)(H,63,64)(H,65,66)(H,67,68)(H,69,70)(H,72,73)/t34-,35-,38?/m1/s1. The fourth-order valence-electron chi connectivity index (χ4n) is 10.2. The molecular weight excluding hydrogens is 1020 g/mol. The third-order valence-corrected chi connectivity index (χ3v) is 15.3. The van der Waals surface area contributed by atoms with Gasteiger partial charge in [-0.15, -0.1) is 0 Å². The topological polar surface area (TPSA) is 315 Å². The predicted octanol–water partition coefficient (Wildman–Crippen LogP) is 0.767. The molecule has 0 bridgehead atoms. The molecular formula is C50H70N8O15S2. The van der Waals surface area contributed by atoms with Crippen molar-refractivity contribution in [2.24, 2.45) is 23.2 Å². The first-order valence-corrected chi connectivity index (χ1v) is 26.9. The van der Waals surface area contributed by atoms with Crippen molar-refractivity contribution in [1.29, 1.82) is 0 Å². The van der Waals surface area contributed by atoms with Crippen molar-refractivity contribution < 1.29 is 73.5 Å². The summed E-state index contributed by atoms with van der Waals surface area (Å²) in [6, 6.07) is 6.87. The van der Waals surface area contributed by atoms with Gasteiger partial charge in [0.2, 0.25) is 5.91 Å². The van der Waals surface area contributed by atoms with Crippen LogP contribution in [-0.4, -0.2) is 235 Å². The third kappa shape index (κ3) is 19.3. The number of nitrogens with one attached hydrogen (secondary N) is 2. The SMILES string of the molecule is CSCC[C@H](CC(=O)C1CC2(C1)CN(C(=S)Nc1ccc(CC3CN(CC(=O)O)CCN(CC(=O)O)CCN(CC(=O)O)CCN3CC(=O)O)cc1)C2)C(=O)NCC(=O)C[C@@H](CCCCN1C(=O)C=CC1=O)C(=O)O. The molecule has 3 aliphatic heterocycles. The van der Waals surface area contributed by atoms with E-state index in [1.807, 2.05) is 35.4 Å². The lowest BCUT2D eigenvalue weighted by atomic mass is 9.56. The van der Waals surface area contributed by atoms with Crippen LogP contribution < -0.4 is 10.6 Å². The lowest BCUT2D eigenvalue weighted by Gasteiger charge is -2.59. The van der Waals surface area contributed by atoms with Crippen molar-refractivity contribution in [1.82, 2.24) is 34.7 Å². The molecule has 1 spiro atoms. The largest absolute Gasteiger partial charge is 0.481 e. The molecule has 1 saturated carbocycles. The zero-order valence-electron chi connectivity index (χ0n) is 42.3. The second-order valence-electron chi connectivity index (χ2n) is 20.1. The minimum atomic E-state index is -1.15. The molecule has 0 radical (unpaired) electrons. The summed E-state index contributed by atoms with van der Waals surface area (Å²) in [7, 11) is 0. The number of rotatable bonds is 28. The Balaban J connectivity index is 1.10. The fraction of sp³-hybridized carbons (Fsp3) is 0.620. The van der Waals surface area contributed by atoms with E-state index in [0.29, 0.717) is 68.2 Å². The fourth-order valence-corrected chi connectivity index (χ4v) is 11.0. The molecule has 1 aromatic rings. The van der Waals surface area contributed by atoms with Crippen LogP contribution in [0.4, 0.5) is 5.69 Å². The van der Waals surface area contributed by atoms with Crippen LogP contribution in [0.3, 0.4) is 0 Å². The van der Waals surface area contributed by atoms with Crippen LogP contribution in [0.25, 0.3) is 0 Å². The van der Waals surface area contributed by atoms with Crippen molar-refractivity contribution in [2.45, 2.75) is 63.8 Å². The Morgan fingerprint density at radius 3 is 1.84 bits per heavy atom. The number of benzene rings is 1. The molecule has 7 N–H and O–H groups in total. The molecule has 1 aromatic carbocycles. The number of ketones is 2. The molecule has 3 atom stereocenters. The van der Waals surface area contributed by atoms with Crippen LogP contribution in [0, 0.1) is 23.2 Å². The van der Waals surface area contributed by atoms with Crippen molar-refractivity contribution in [3.05, 3.63) is 42.0 Å². The average molecular weight is 1090 g/mol. The summed E-state index contributed by atoms with van der Waals surface area (Å²) in [5.74, 6) is -8.52. The van der Waals surface area contributed by atoms with Gasteiger partial charge in [-0.1, -0.05) is 18.6 Å². The van der Waals surface area contributed by atoms with Crippen LogP contribution in [0.15, 0.2) is 36.4 Å². The average Bonchev–Trinajstić information content (AvgIpc) is 3.63. The second kappa shape index (κ2) is 28.9. The molecule has 412 valence electrons. The summed E-state index contributed by atoms with van der Waals surface area (Å²) in [4.78, 5) is 132. The molecule has 1 aliphatic carbocycles. The number of unbranched alkanes of at least 4 members (excludes halogenated alkanes) is 1. The van der Waals surface area contributed by atoms with Gasteiger partial charge in [-0.3, -0.25) is 72.4 Å². The number of imide groups is 1. The van der Waals surface area contributed by atoms with E-state index in [2.05, 4.69) is 10.6 Å².